The highest BCUT2D eigenvalue weighted by Crippen LogP contribution is 2.28. The highest BCUT2D eigenvalue weighted by molar-refractivity contribution is 6.31. The third-order valence-corrected chi connectivity index (χ3v) is 3.76. The van der Waals surface area contributed by atoms with Crippen molar-refractivity contribution in [2.75, 3.05) is 0 Å². The summed E-state index contributed by atoms with van der Waals surface area (Å²) >= 11 is 6.00. The summed E-state index contributed by atoms with van der Waals surface area (Å²) < 4.78 is 14.1. The number of nitrogens with two attached hydrogens (primary N) is 1. The molecule has 0 bridgehead atoms. The average Bonchev–Trinajstić information content (AvgIpc) is 2.31. The molecule has 0 aliphatic rings. The summed E-state index contributed by atoms with van der Waals surface area (Å²) in [6, 6.07) is 8.54. The van der Waals surface area contributed by atoms with E-state index in [-0.39, 0.29) is 5.82 Å². The van der Waals surface area contributed by atoms with Gasteiger partial charge in [0.05, 0.1) is 6.04 Å². The van der Waals surface area contributed by atoms with Gasteiger partial charge in [0.2, 0.25) is 0 Å². The van der Waals surface area contributed by atoms with Crippen LogP contribution < -0.4 is 5.73 Å². The van der Waals surface area contributed by atoms with Gasteiger partial charge >= 0.3 is 0 Å². The highest BCUT2D eigenvalue weighted by atomic mass is 35.5. The van der Waals surface area contributed by atoms with E-state index in [9.17, 15) is 4.39 Å². The predicted molar refractivity (Wildman–Crippen MR) is 78.1 cm³/mol. The molecule has 1 atom stereocenters. The summed E-state index contributed by atoms with van der Waals surface area (Å²) in [5.41, 5.74) is 10.3. The molecule has 0 aliphatic heterocycles. The molecule has 0 heterocycles. The molecule has 2 aromatic rings. The Hall–Kier alpha value is -1.38. The van der Waals surface area contributed by atoms with Crippen LogP contribution in [0.15, 0.2) is 30.3 Å². The summed E-state index contributed by atoms with van der Waals surface area (Å²) in [7, 11) is 0. The minimum atomic E-state index is -0.475. The van der Waals surface area contributed by atoms with Crippen molar-refractivity contribution < 1.29 is 4.39 Å². The van der Waals surface area contributed by atoms with Gasteiger partial charge in [0, 0.05) is 10.6 Å². The Bertz CT molecular complexity index is 599. The quantitative estimate of drug-likeness (QED) is 0.862. The maximum absolute atomic E-state index is 14.1. The zero-order chi connectivity index (χ0) is 14.2. The molecule has 0 radical (unpaired) electrons. The van der Waals surface area contributed by atoms with Crippen LogP contribution in [0.4, 0.5) is 4.39 Å². The van der Waals surface area contributed by atoms with Crippen molar-refractivity contribution in [2.45, 2.75) is 26.8 Å². The Balaban J connectivity index is 2.49. The fraction of sp³-hybridized carbons (Fsp3) is 0.250. The topological polar surface area (TPSA) is 26.0 Å². The van der Waals surface area contributed by atoms with Gasteiger partial charge in [-0.3, -0.25) is 0 Å². The van der Waals surface area contributed by atoms with E-state index in [1.54, 1.807) is 6.07 Å². The summed E-state index contributed by atoms with van der Waals surface area (Å²) in [6.07, 6.45) is 0. The van der Waals surface area contributed by atoms with Crippen LogP contribution in [0.1, 0.15) is 33.9 Å². The standard InChI is InChI=1S/C16H17ClFN/c1-9-6-11(3)15(14(18)7-9)16(19)12-4-5-13(17)10(2)8-12/h4-8,16H,19H2,1-3H3. The van der Waals surface area contributed by atoms with Gasteiger partial charge in [-0.2, -0.15) is 0 Å². The molecule has 19 heavy (non-hydrogen) atoms. The van der Waals surface area contributed by atoms with Crippen molar-refractivity contribution in [1.82, 2.24) is 0 Å². The second kappa shape index (κ2) is 5.32. The molecule has 3 heteroatoms. The molecule has 1 nitrogen and oxygen atoms in total. The van der Waals surface area contributed by atoms with Crippen molar-refractivity contribution in [3.05, 3.63) is 69.0 Å². The van der Waals surface area contributed by atoms with Gasteiger partial charge in [0.25, 0.3) is 0 Å². The van der Waals surface area contributed by atoms with E-state index in [1.807, 2.05) is 39.0 Å². The maximum Gasteiger partial charge on any atom is 0.128 e. The van der Waals surface area contributed by atoms with E-state index in [2.05, 4.69) is 0 Å². The van der Waals surface area contributed by atoms with Crippen LogP contribution in [-0.4, -0.2) is 0 Å². The first-order valence-electron chi connectivity index (χ1n) is 6.18. The molecular formula is C16H17ClFN. The fourth-order valence-corrected chi connectivity index (χ4v) is 2.47. The molecule has 2 aromatic carbocycles. The lowest BCUT2D eigenvalue weighted by Gasteiger charge is -2.17. The molecule has 1 unspecified atom stereocenters. The smallest absolute Gasteiger partial charge is 0.128 e. The molecule has 0 fully saturated rings. The summed E-state index contributed by atoms with van der Waals surface area (Å²) in [6.45, 7) is 5.67. The number of benzene rings is 2. The molecule has 0 saturated carbocycles. The Morgan fingerprint density at radius 2 is 1.74 bits per heavy atom. The molecular weight excluding hydrogens is 261 g/mol. The molecule has 2 rings (SSSR count). The number of hydrogen-bond acceptors (Lipinski definition) is 1. The minimum Gasteiger partial charge on any atom is -0.320 e. The van der Waals surface area contributed by atoms with Crippen molar-refractivity contribution in [2.24, 2.45) is 5.73 Å². The largest absolute Gasteiger partial charge is 0.320 e. The highest BCUT2D eigenvalue weighted by Gasteiger charge is 2.17. The van der Waals surface area contributed by atoms with Crippen LogP contribution in [0.25, 0.3) is 0 Å². The van der Waals surface area contributed by atoms with E-state index in [1.165, 1.54) is 6.07 Å². The number of aryl methyl sites for hydroxylation is 3. The van der Waals surface area contributed by atoms with Crippen LogP contribution in [0.5, 0.6) is 0 Å². The summed E-state index contributed by atoms with van der Waals surface area (Å²) in [4.78, 5) is 0. The number of rotatable bonds is 2. The van der Waals surface area contributed by atoms with E-state index in [0.29, 0.717) is 10.6 Å². The van der Waals surface area contributed by atoms with Crippen LogP contribution in [-0.2, 0) is 0 Å². The van der Waals surface area contributed by atoms with Gasteiger partial charge in [-0.1, -0.05) is 29.8 Å². The normalized spacial score (nSPS) is 12.5. The van der Waals surface area contributed by atoms with Gasteiger partial charge in [-0.05, 0) is 55.2 Å². The minimum absolute atomic E-state index is 0.252. The lowest BCUT2D eigenvalue weighted by Crippen LogP contribution is -2.15. The monoisotopic (exact) mass is 277 g/mol. The van der Waals surface area contributed by atoms with Gasteiger partial charge in [0.15, 0.2) is 0 Å². The first-order chi connectivity index (χ1) is 8.90. The van der Waals surface area contributed by atoms with Crippen molar-refractivity contribution >= 4 is 11.6 Å². The second-order valence-electron chi connectivity index (χ2n) is 4.96. The van der Waals surface area contributed by atoms with Crippen LogP contribution in [0.3, 0.4) is 0 Å². The molecule has 2 N–H and O–H groups in total. The van der Waals surface area contributed by atoms with Crippen molar-refractivity contribution in [3.8, 4) is 0 Å². The van der Waals surface area contributed by atoms with E-state index in [4.69, 9.17) is 17.3 Å². The first kappa shape index (κ1) is 14.0. The van der Waals surface area contributed by atoms with Crippen molar-refractivity contribution in [3.63, 3.8) is 0 Å². The molecule has 100 valence electrons. The van der Waals surface area contributed by atoms with Crippen molar-refractivity contribution in [1.29, 1.82) is 0 Å². The van der Waals surface area contributed by atoms with Gasteiger partial charge < -0.3 is 5.73 Å². The third-order valence-electron chi connectivity index (χ3n) is 3.33. The second-order valence-corrected chi connectivity index (χ2v) is 5.37. The van der Waals surface area contributed by atoms with Gasteiger partial charge in [-0.15, -0.1) is 0 Å². The van der Waals surface area contributed by atoms with E-state index in [0.717, 1.165) is 22.3 Å². The molecule has 0 saturated heterocycles. The maximum atomic E-state index is 14.1. The van der Waals surface area contributed by atoms with Crippen LogP contribution in [0, 0.1) is 26.6 Å². The van der Waals surface area contributed by atoms with Gasteiger partial charge in [0.1, 0.15) is 5.82 Å². The van der Waals surface area contributed by atoms with Crippen LogP contribution >= 0.6 is 11.6 Å². The van der Waals surface area contributed by atoms with E-state index >= 15 is 0 Å². The Morgan fingerprint density at radius 3 is 2.32 bits per heavy atom. The molecule has 0 aliphatic carbocycles. The SMILES string of the molecule is Cc1cc(C)c(C(N)c2ccc(Cl)c(C)c2)c(F)c1. The molecule has 0 amide bonds. The average molecular weight is 278 g/mol. The summed E-state index contributed by atoms with van der Waals surface area (Å²) in [5, 5.41) is 0.692. The number of halogens is 2. The first-order valence-corrected chi connectivity index (χ1v) is 6.56. The summed E-state index contributed by atoms with van der Waals surface area (Å²) in [5.74, 6) is -0.252. The zero-order valence-electron chi connectivity index (χ0n) is 11.3. The molecule has 0 spiro atoms. The Morgan fingerprint density at radius 1 is 1.05 bits per heavy atom. The number of hydrogen-bond donors (Lipinski definition) is 1. The fourth-order valence-electron chi connectivity index (χ4n) is 2.35. The Labute approximate surface area is 118 Å². The van der Waals surface area contributed by atoms with Gasteiger partial charge in [-0.25, -0.2) is 4.39 Å². The lowest BCUT2D eigenvalue weighted by molar-refractivity contribution is 0.596. The van der Waals surface area contributed by atoms with E-state index < -0.39 is 6.04 Å². The van der Waals surface area contributed by atoms with Crippen LogP contribution in [0.2, 0.25) is 5.02 Å². The third kappa shape index (κ3) is 2.80. The zero-order valence-corrected chi connectivity index (χ0v) is 12.1. The lowest BCUT2D eigenvalue weighted by atomic mass is 9.93. The Kier molecular flexibility index (Phi) is 3.93. The predicted octanol–water partition coefficient (Wildman–Crippen LogP) is 4.45. The molecule has 0 aromatic heterocycles.